The zero-order valence-corrected chi connectivity index (χ0v) is 14.7. The molecule has 28 heavy (non-hydrogen) atoms. The summed E-state index contributed by atoms with van der Waals surface area (Å²) in [6.45, 7) is 0.987. The maximum atomic E-state index is 12.4. The number of fused-ring (bicyclic) bond motifs is 1. The monoisotopic (exact) mass is 373 g/mol. The number of amides is 1. The summed E-state index contributed by atoms with van der Waals surface area (Å²) in [5.74, 6) is 1.36. The molecule has 2 aromatic carbocycles. The van der Waals surface area contributed by atoms with Gasteiger partial charge in [-0.1, -0.05) is 0 Å². The average Bonchev–Trinajstić information content (AvgIpc) is 2.75. The van der Waals surface area contributed by atoms with Crippen LogP contribution in [0.25, 0.3) is 0 Å². The molecular weight excluding hydrogens is 358 g/mol. The highest BCUT2D eigenvalue weighted by Crippen LogP contribution is 2.32. The first kappa shape index (κ1) is 17.3. The number of nitrogens with zero attached hydrogens (tertiary/aromatic N) is 3. The van der Waals surface area contributed by atoms with Crippen molar-refractivity contribution < 1.29 is 14.3 Å². The molecule has 3 aromatic rings. The van der Waals surface area contributed by atoms with Crippen molar-refractivity contribution in [2.24, 2.45) is 0 Å². The van der Waals surface area contributed by atoms with E-state index in [0.717, 1.165) is 5.69 Å². The number of hydrogen-bond donors (Lipinski definition) is 2. The predicted octanol–water partition coefficient (Wildman–Crippen LogP) is 3.12. The number of hydrogen-bond acceptors (Lipinski definition) is 7. The molecule has 0 spiro atoms. The van der Waals surface area contributed by atoms with E-state index in [2.05, 4.69) is 26.7 Å². The number of anilines is 3. The first-order chi connectivity index (χ1) is 13.7. The minimum absolute atomic E-state index is 0.181. The summed E-state index contributed by atoms with van der Waals surface area (Å²) in [6.07, 6.45) is 2.86. The van der Waals surface area contributed by atoms with Crippen molar-refractivity contribution in [2.75, 3.05) is 23.8 Å². The number of carbonyl (C=O) groups excluding carboxylic acids is 1. The Morgan fingerprint density at radius 1 is 0.964 bits per heavy atom. The van der Waals surface area contributed by atoms with E-state index in [1.807, 2.05) is 0 Å². The van der Waals surface area contributed by atoms with Crippen LogP contribution in [0.2, 0.25) is 0 Å². The fourth-order valence-electron chi connectivity index (χ4n) is 2.60. The molecule has 2 heterocycles. The lowest BCUT2D eigenvalue weighted by atomic mass is 10.2. The Bertz CT molecular complexity index is 1040. The zero-order valence-electron chi connectivity index (χ0n) is 14.7. The highest BCUT2D eigenvalue weighted by Gasteiger charge is 2.14. The van der Waals surface area contributed by atoms with Crippen molar-refractivity contribution >= 4 is 23.1 Å². The lowest BCUT2D eigenvalue weighted by Gasteiger charge is -2.18. The molecule has 0 aliphatic carbocycles. The lowest BCUT2D eigenvalue weighted by molar-refractivity contribution is 0.102. The number of rotatable bonds is 4. The van der Waals surface area contributed by atoms with E-state index in [4.69, 9.17) is 14.7 Å². The third-order valence-corrected chi connectivity index (χ3v) is 3.97. The Hall–Kier alpha value is -4.12. The van der Waals surface area contributed by atoms with Crippen LogP contribution in [-0.2, 0) is 0 Å². The van der Waals surface area contributed by atoms with Crippen molar-refractivity contribution in [3.8, 4) is 17.6 Å². The van der Waals surface area contributed by atoms with Gasteiger partial charge in [0.25, 0.3) is 5.91 Å². The first-order valence-electron chi connectivity index (χ1n) is 8.51. The molecule has 0 saturated heterocycles. The standard InChI is InChI=1S/C20H15N5O3/c21-10-13-1-3-14(4-2-13)24-19-12-22-16(11-23-19)20(26)25-15-5-6-17-18(9-15)28-8-7-27-17/h1-6,9,11-12H,7-8H2,(H,23,24)(H,25,26). The van der Waals surface area contributed by atoms with Crippen LogP contribution in [0.15, 0.2) is 54.9 Å². The Balaban J connectivity index is 1.41. The summed E-state index contributed by atoms with van der Waals surface area (Å²) in [5, 5.41) is 14.6. The van der Waals surface area contributed by atoms with Crippen molar-refractivity contribution in [3.63, 3.8) is 0 Å². The molecule has 8 heteroatoms. The fraction of sp³-hybridized carbons (Fsp3) is 0.100. The number of ether oxygens (including phenoxy) is 2. The van der Waals surface area contributed by atoms with Gasteiger partial charge < -0.3 is 20.1 Å². The van der Waals surface area contributed by atoms with Gasteiger partial charge in [0.15, 0.2) is 11.5 Å². The Labute approximate surface area is 160 Å². The number of nitriles is 1. The van der Waals surface area contributed by atoms with Crippen molar-refractivity contribution in [1.29, 1.82) is 5.26 Å². The zero-order chi connectivity index (χ0) is 19.3. The van der Waals surface area contributed by atoms with Gasteiger partial charge in [-0.05, 0) is 36.4 Å². The number of benzene rings is 2. The van der Waals surface area contributed by atoms with Crippen molar-refractivity contribution in [1.82, 2.24) is 9.97 Å². The van der Waals surface area contributed by atoms with Gasteiger partial charge in [-0.3, -0.25) is 4.79 Å². The van der Waals surface area contributed by atoms with Crippen molar-refractivity contribution in [3.05, 3.63) is 66.1 Å². The minimum atomic E-state index is -0.380. The Morgan fingerprint density at radius 3 is 2.43 bits per heavy atom. The van der Waals surface area contributed by atoms with Gasteiger partial charge in [0.2, 0.25) is 0 Å². The number of aromatic nitrogens is 2. The molecule has 1 amide bonds. The normalized spacial score (nSPS) is 12.0. The molecule has 1 aliphatic heterocycles. The van der Waals surface area contributed by atoms with Crippen LogP contribution >= 0.6 is 0 Å². The highest BCUT2D eigenvalue weighted by molar-refractivity contribution is 6.02. The molecule has 4 rings (SSSR count). The topological polar surface area (TPSA) is 109 Å². The van der Waals surface area contributed by atoms with Gasteiger partial charge in [0.05, 0.1) is 24.0 Å². The maximum Gasteiger partial charge on any atom is 0.275 e. The van der Waals surface area contributed by atoms with Crippen LogP contribution in [0, 0.1) is 11.3 Å². The van der Waals surface area contributed by atoms with Crippen molar-refractivity contribution in [2.45, 2.75) is 0 Å². The van der Waals surface area contributed by atoms with E-state index in [0.29, 0.717) is 41.8 Å². The van der Waals surface area contributed by atoms with Gasteiger partial charge in [0, 0.05) is 17.4 Å². The van der Waals surface area contributed by atoms with Crippen LogP contribution in [-0.4, -0.2) is 29.1 Å². The molecule has 0 atom stereocenters. The van der Waals surface area contributed by atoms with E-state index in [1.165, 1.54) is 12.4 Å². The van der Waals surface area contributed by atoms with Crippen LogP contribution in [0.3, 0.4) is 0 Å². The molecule has 1 aromatic heterocycles. The number of nitrogens with one attached hydrogen (secondary N) is 2. The summed E-state index contributed by atoms with van der Waals surface area (Å²) in [5.41, 5.74) is 2.10. The molecule has 0 fully saturated rings. The van der Waals surface area contributed by atoms with E-state index in [9.17, 15) is 4.79 Å². The summed E-state index contributed by atoms with van der Waals surface area (Å²) >= 11 is 0. The molecule has 2 N–H and O–H groups in total. The third-order valence-electron chi connectivity index (χ3n) is 3.97. The van der Waals surface area contributed by atoms with Crippen LogP contribution in [0.4, 0.5) is 17.2 Å². The number of carbonyl (C=O) groups is 1. The summed E-state index contributed by atoms with van der Waals surface area (Å²) < 4.78 is 11.0. The second-order valence-electron chi connectivity index (χ2n) is 5.91. The molecule has 138 valence electrons. The van der Waals surface area contributed by atoms with Crippen LogP contribution in [0.5, 0.6) is 11.5 Å². The molecule has 0 saturated carbocycles. The molecule has 8 nitrogen and oxygen atoms in total. The van der Waals surface area contributed by atoms with Gasteiger partial charge in [0.1, 0.15) is 24.7 Å². The molecule has 1 aliphatic rings. The second-order valence-corrected chi connectivity index (χ2v) is 5.91. The van der Waals surface area contributed by atoms with Gasteiger partial charge >= 0.3 is 0 Å². The Morgan fingerprint density at radius 2 is 1.71 bits per heavy atom. The van der Waals surface area contributed by atoms with Gasteiger partial charge in [-0.2, -0.15) is 5.26 Å². The smallest absolute Gasteiger partial charge is 0.275 e. The average molecular weight is 373 g/mol. The molecular formula is C20H15N5O3. The first-order valence-corrected chi connectivity index (χ1v) is 8.51. The maximum absolute atomic E-state index is 12.4. The van der Waals surface area contributed by atoms with Crippen LogP contribution in [0.1, 0.15) is 16.1 Å². The summed E-state index contributed by atoms with van der Waals surface area (Å²) in [7, 11) is 0. The van der Waals surface area contributed by atoms with Crippen LogP contribution < -0.4 is 20.1 Å². The van der Waals surface area contributed by atoms with E-state index < -0.39 is 0 Å². The molecule has 0 radical (unpaired) electrons. The lowest BCUT2D eigenvalue weighted by Crippen LogP contribution is -2.17. The molecule has 0 unspecified atom stereocenters. The second kappa shape index (κ2) is 7.63. The quantitative estimate of drug-likeness (QED) is 0.723. The predicted molar refractivity (Wildman–Crippen MR) is 102 cm³/mol. The fourth-order valence-corrected chi connectivity index (χ4v) is 2.60. The largest absolute Gasteiger partial charge is 0.486 e. The van der Waals surface area contributed by atoms with E-state index >= 15 is 0 Å². The third kappa shape index (κ3) is 3.83. The summed E-state index contributed by atoms with van der Waals surface area (Å²) in [4.78, 5) is 20.7. The molecule has 0 bridgehead atoms. The van der Waals surface area contributed by atoms with E-state index in [-0.39, 0.29) is 11.6 Å². The Kier molecular flexibility index (Phi) is 4.72. The highest BCUT2D eigenvalue weighted by atomic mass is 16.6. The van der Waals surface area contributed by atoms with Gasteiger partial charge in [-0.25, -0.2) is 9.97 Å². The summed E-state index contributed by atoms with van der Waals surface area (Å²) in [6, 6.07) is 14.2. The SMILES string of the molecule is N#Cc1ccc(Nc2cnc(C(=O)Nc3ccc4c(c3)OCCO4)cn2)cc1. The van der Waals surface area contributed by atoms with E-state index in [1.54, 1.807) is 42.5 Å². The minimum Gasteiger partial charge on any atom is -0.486 e. The van der Waals surface area contributed by atoms with Gasteiger partial charge in [-0.15, -0.1) is 0 Å².